The van der Waals surface area contributed by atoms with Crippen LogP contribution < -0.4 is 4.74 Å². The van der Waals surface area contributed by atoms with Crippen molar-refractivity contribution >= 4 is 10.8 Å². The summed E-state index contributed by atoms with van der Waals surface area (Å²) in [6.07, 6.45) is 0. The summed E-state index contributed by atoms with van der Waals surface area (Å²) in [6, 6.07) is 23.7. The molecule has 0 N–H and O–H groups in total. The number of hydrogen-bond acceptors (Lipinski definition) is 1. The number of benzene rings is 3. The highest BCUT2D eigenvalue weighted by Crippen LogP contribution is 2.27. The summed E-state index contributed by atoms with van der Waals surface area (Å²) < 4.78 is 5.90. The van der Waals surface area contributed by atoms with Crippen LogP contribution in [0.3, 0.4) is 0 Å². The van der Waals surface area contributed by atoms with Gasteiger partial charge in [0.2, 0.25) is 0 Å². The fraction of sp³-hybridized carbons (Fsp3) is 0.111. The van der Waals surface area contributed by atoms with Crippen LogP contribution in [0.4, 0.5) is 0 Å². The minimum Gasteiger partial charge on any atom is -0.489 e. The van der Waals surface area contributed by atoms with Gasteiger partial charge >= 0.3 is 0 Å². The van der Waals surface area contributed by atoms with Crippen molar-refractivity contribution in [1.29, 1.82) is 0 Å². The SMILES string of the molecule is Cc1c(OCc2ccccc2)c[c]c2ccccc12. The average molecular weight is 247 g/mol. The highest BCUT2D eigenvalue weighted by atomic mass is 16.5. The minimum absolute atomic E-state index is 0.591. The van der Waals surface area contributed by atoms with Gasteiger partial charge in [-0.2, -0.15) is 0 Å². The largest absolute Gasteiger partial charge is 0.489 e. The zero-order chi connectivity index (χ0) is 13.1. The Morgan fingerprint density at radius 2 is 1.68 bits per heavy atom. The first kappa shape index (κ1) is 11.8. The van der Waals surface area contributed by atoms with Gasteiger partial charge in [0.1, 0.15) is 12.4 Å². The summed E-state index contributed by atoms with van der Waals surface area (Å²) in [7, 11) is 0. The lowest BCUT2D eigenvalue weighted by atomic mass is 10.0. The smallest absolute Gasteiger partial charge is 0.123 e. The van der Waals surface area contributed by atoms with Crippen LogP contribution in [-0.4, -0.2) is 0 Å². The van der Waals surface area contributed by atoms with Crippen molar-refractivity contribution in [2.45, 2.75) is 13.5 Å². The molecule has 0 saturated heterocycles. The van der Waals surface area contributed by atoms with E-state index in [2.05, 4.69) is 37.3 Å². The summed E-state index contributed by atoms with van der Waals surface area (Å²) in [5.41, 5.74) is 2.35. The van der Waals surface area contributed by atoms with E-state index in [1.807, 2.05) is 36.4 Å². The Morgan fingerprint density at radius 3 is 2.53 bits per heavy atom. The molecule has 1 nitrogen and oxygen atoms in total. The number of ether oxygens (including phenoxy) is 1. The molecule has 0 fully saturated rings. The van der Waals surface area contributed by atoms with Gasteiger partial charge in [0.15, 0.2) is 0 Å². The maximum atomic E-state index is 5.90. The van der Waals surface area contributed by atoms with Crippen LogP contribution in [0.5, 0.6) is 5.75 Å². The average Bonchev–Trinajstić information content (AvgIpc) is 2.48. The molecule has 0 aliphatic carbocycles. The van der Waals surface area contributed by atoms with E-state index in [1.165, 1.54) is 16.5 Å². The van der Waals surface area contributed by atoms with Gasteiger partial charge < -0.3 is 4.74 Å². The minimum atomic E-state index is 0.591. The maximum absolute atomic E-state index is 5.90. The van der Waals surface area contributed by atoms with E-state index in [-0.39, 0.29) is 0 Å². The maximum Gasteiger partial charge on any atom is 0.123 e. The van der Waals surface area contributed by atoms with Gasteiger partial charge in [-0.3, -0.25) is 0 Å². The summed E-state index contributed by atoms with van der Waals surface area (Å²) in [5, 5.41) is 2.33. The van der Waals surface area contributed by atoms with Crippen LogP contribution in [0.2, 0.25) is 0 Å². The van der Waals surface area contributed by atoms with Crippen molar-refractivity contribution in [2.24, 2.45) is 0 Å². The predicted octanol–water partition coefficient (Wildman–Crippen LogP) is 4.53. The summed E-state index contributed by atoms with van der Waals surface area (Å²) in [5.74, 6) is 0.905. The predicted molar refractivity (Wildman–Crippen MR) is 78.3 cm³/mol. The third-order valence-electron chi connectivity index (χ3n) is 3.30. The molecular weight excluding hydrogens is 232 g/mol. The van der Waals surface area contributed by atoms with Gasteiger partial charge in [-0.1, -0.05) is 54.6 Å². The van der Waals surface area contributed by atoms with E-state index >= 15 is 0 Å². The zero-order valence-electron chi connectivity index (χ0n) is 10.9. The molecule has 3 rings (SSSR count). The molecule has 93 valence electrons. The first-order valence-corrected chi connectivity index (χ1v) is 6.41. The van der Waals surface area contributed by atoms with E-state index < -0.39 is 0 Å². The standard InChI is InChI=1S/C18H15O/c1-14-17-10-6-5-9-16(17)11-12-18(14)19-13-15-7-3-2-4-8-15/h2-10,12H,13H2,1H3. The zero-order valence-corrected chi connectivity index (χ0v) is 10.9. The monoisotopic (exact) mass is 247 g/mol. The van der Waals surface area contributed by atoms with Gasteiger partial charge in [-0.25, -0.2) is 0 Å². The van der Waals surface area contributed by atoms with Crippen LogP contribution >= 0.6 is 0 Å². The Bertz CT molecular complexity index is 686. The molecule has 0 amide bonds. The van der Waals surface area contributed by atoms with Gasteiger partial charge in [-0.05, 0) is 41.0 Å². The topological polar surface area (TPSA) is 9.23 Å². The quantitative estimate of drug-likeness (QED) is 0.661. The van der Waals surface area contributed by atoms with E-state index in [0.29, 0.717) is 6.61 Å². The lowest BCUT2D eigenvalue weighted by Crippen LogP contribution is -1.97. The van der Waals surface area contributed by atoms with Crippen molar-refractivity contribution < 1.29 is 4.74 Å². The Morgan fingerprint density at radius 1 is 0.947 bits per heavy atom. The molecule has 0 aromatic heterocycles. The molecule has 3 aromatic rings. The summed E-state index contributed by atoms with van der Waals surface area (Å²) >= 11 is 0. The highest BCUT2D eigenvalue weighted by molar-refractivity contribution is 5.86. The van der Waals surface area contributed by atoms with Gasteiger partial charge in [-0.15, -0.1) is 0 Å². The van der Waals surface area contributed by atoms with Crippen LogP contribution in [0.15, 0.2) is 60.7 Å². The van der Waals surface area contributed by atoms with Crippen molar-refractivity contribution in [1.82, 2.24) is 0 Å². The van der Waals surface area contributed by atoms with Gasteiger partial charge in [0.05, 0.1) is 0 Å². The molecule has 0 aliphatic heterocycles. The van der Waals surface area contributed by atoms with Crippen molar-refractivity contribution in [3.05, 3.63) is 77.9 Å². The number of fused-ring (bicyclic) bond motifs is 1. The first-order chi connectivity index (χ1) is 9.34. The lowest BCUT2D eigenvalue weighted by molar-refractivity contribution is 0.304. The molecule has 0 bridgehead atoms. The molecule has 19 heavy (non-hydrogen) atoms. The van der Waals surface area contributed by atoms with Gasteiger partial charge in [0, 0.05) is 0 Å². The molecular formula is C18H15O. The van der Waals surface area contributed by atoms with E-state index in [1.54, 1.807) is 0 Å². The van der Waals surface area contributed by atoms with E-state index in [0.717, 1.165) is 11.1 Å². The lowest BCUT2D eigenvalue weighted by Gasteiger charge is -2.11. The normalized spacial score (nSPS) is 10.6. The molecule has 1 heteroatoms. The number of hydrogen-bond donors (Lipinski definition) is 0. The molecule has 1 radical (unpaired) electrons. The van der Waals surface area contributed by atoms with Crippen molar-refractivity contribution in [2.75, 3.05) is 0 Å². The first-order valence-electron chi connectivity index (χ1n) is 6.41. The second-order valence-corrected chi connectivity index (χ2v) is 4.60. The van der Waals surface area contributed by atoms with Crippen LogP contribution in [0, 0.1) is 13.0 Å². The molecule has 0 atom stereocenters. The van der Waals surface area contributed by atoms with Crippen LogP contribution in [-0.2, 0) is 6.61 Å². The molecule has 3 aromatic carbocycles. The van der Waals surface area contributed by atoms with Gasteiger partial charge in [0.25, 0.3) is 0 Å². The third kappa shape index (κ3) is 2.45. The Kier molecular flexibility index (Phi) is 3.20. The second-order valence-electron chi connectivity index (χ2n) is 4.60. The fourth-order valence-electron chi connectivity index (χ4n) is 2.21. The van der Waals surface area contributed by atoms with E-state index in [4.69, 9.17) is 4.74 Å². The van der Waals surface area contributed by atoms with Crippen molar-refractivity contribution in [3.8, 4) is 5.75 Å². The van der Waals surface area contributed by atoms with E-state index in [9.17, 15) is 0 Å². The number of aryl methyl sites for hydroxylation is 1. The highest BCUT2D eigenvalue weighted by Gasteiger charge is 2.04. The summed E-state index contributed by atoms with van der Waals surface area (Å²) in [6.45, 7) is 2.68. The molecule has 0 spiro atoms. The fourth-order valence-corrected chi connectivity index (χ4v) is 2.21. The van der Waals surface area contributed by atoms with Crippen LogP contribution in [0.1, 0.15) is 11.1 Å². The Balaban J connectivity index is 1.87. The number of rotatable bonds is 3. The Hall–Kier alpha value is -2.28. The molecule has 0 saturated carbocycles. The third-order valence-corrected chi connectivity index (χ3v) is 3.30. The molecule has 0 heterocycles. The summed E-state index contributed by atoms with van der Waals surface area (Å²) in [4.78, 5) is 0. The van der Waals surface area contributed by atoms with Crippen LogP contribution in [0.25, 0.3) is 10.8 Å². The molecule has 0 aliphatic rings. The Labute approximate surface area is 113 Å². The van der Waals surface area contributed by atoms with Crippen molar-refractivity contribution in [3.63, 3.8) is 0 Å². The second kappa shape index (κ2) is 5.15. The molecule has 0 unspecified atom stereocenters.